The Balaban J connectivity index is 1.87. The first-order valence-corrected chi connectivity index (χ1v) is 7.97. The second-order valence-electron chi connectivity index (χ2n) is 6.26. The Hall–Kier alpha value is -0.990. The fraction of sp³-hybridized carbons (Fsp3) is 0.812. The van der Waals surface area contributed by atoms with Gasteiger partial charge in [0, 0.05) is 18.7 Å². The summed E-state index contributed by atoms with van der Waals surface area (Å²) in [5.41, 5.74) is 0.948. The summed E-state index contributed by atoms with van der Waals surface area (Å²) in [7, 11) is 0. The number of hydrogen-bond donors (Lipinski definition) is 0. The van der Waals surface area contributed by atoms with Crippen molar-refractivity contribution in [3.63, 3.8) is 0 Å². The number of carbonyl (C=O) groups excluding carboxylic acids is 1. The number of carbonyl (C=O) groups is 1. The summed E-state index contributed by atoms with van der Waals surface area (Å²) in [5.74, 6) is -0.114. The standard InChI is InChI=1S/C16H25NO2/c1-2-13-8-4-7-11-17(13)14-12-15(18)19-16(14)9-5-3-6-10-16/h12-13H,2-11H2,1H3/t13-/m1/s1. The Morgan fingerprint density at radius 2 is 2.05 bits per heavy atom. The van der Waals surface area contributed by atoms with Gasteiger partial charge in [0.2, 0.25) is 0 Å². The maximum absolute atomic E-state index is 11.8. The molecule has 1 saturated heterocycles. The lowest BCUT2D eigenvalue weighted by atomic mass is 9.81. The summed E-state index contributed by atoms with van der Waals surface area (Å²) in [5, 5.41) is 0. The van der Waals surface area contributed by atoms with Gasteiger partial charge in [-0.25, -0.2) is 4.79 Å². The molecule has 1 atom stereocenters. The molecule has 3 aliphatic rings. The topological polar surface area (TPSA) is 29.5 Å². The van der Waals surface area contributed by atoms with E-state index in [4.69, 9.17) is 4.74 Å². The predicted octanol–water partition coefficient (Wildman–Crippen LogP) is 3.39. The molecular weight excluding hydrogens is 238 g/mol. The fourth-order valence-corrected chi connectivity index (χ4v) is 4.09. The number of piperidine rings is 1. The minimum absolute atomic E-state index is 0.114. The summed E-state index contributed by atoms with van der Waals surface area (Å²) < 4.78 is 5.78. The molecule has 3 heteroatoms. The van der Waals surface area contributed by atoms with Crippen LogP contribution in [0.15, 0.2) is 11.8 Å². The lowest BCUT2D eigenvalue weighted by molar-refractivity contribution is -0.149. The first kappa shape index (κ1) is 13.0. The molecule has 3 nitrogen and oxygen atoms in total. The number of esters is 1. The molecule has 2 aliphatic heterocycles. The van der Waals surface area contributed by atoms with Gasteiger partial charge in [-0.15, -0.1) is 0 Å². The molecule has 0 unspecified atom stereocenters. The Labute approximate surface area is 116 Å². The van der Waals surface area contributed by atoms with Gasteiger partial charge in [0.25, 0.3) is 0 Å². The third-order valence-electron chi connectivity index (χ3n) is 5.09. The molecule has 2 heterocycles. The van der Waals surface area contributed by atoms with Crippen molar-refractivity contribution in [2.45, 2.75) is 76.4 Å². The molecule has 1 spiro atoms. The first-order valence-electron chi connectivity index (χ1n) is 7.97. The van der Waals surface area contributed by atoms with Crippen molar-refractivity contribution in [2.24, 2.45) is 0 Å². The fourth-order valence-electron chi connectivity index (χ4n) is 4.09. The van der Waals surface area contributed by atoms with Gasteiger partial charge in [0.1, 0.15) is 0 Å². The van der Waals surface area contributed by atoms with Crippen LogP contribution in [0.2, 0.25) is 0 Å². The summed E-state index contributed by atoms with van der Waals surface area (Å²) in [6, 6.07) is 0.605. The minimum atomic E-state index is -0.264. The molecule has 3 rings (SSSR count). The molecule has 2 fully saturated rings. The van der Waals surface area contributed by atoms with Crippen LogP contribution in [0, 0.1) is 0 Å². The number of nitrogens with zero attached hydrogens (tertiary/aromatic N) is 1. The summed E-state index contributed by atoms with van der Waals surface area (Å²) in [4.78, 5) is 14.3. The van der Waals surface area contributed by atoms with Crippen molar-refractivity contribution in [3.8, 4) is 0 Å². The number of ether oxygens (including phenoxy) is 1. The molecule has 0 aromatic heterocycles. The van der Waals surface area contributed by atoms with E-state index in [1.807, 2.05) is 0 Å². The molecule has 0 aromatic rings. The lowest BCUT2D eigenvalue weighted by Crippen LogP contribution is -2.47. The van der Waals surface area contributed by atoms with Gasteiger partial charge < -0.3 is 9.64 Å². The highest BCUT2D eigenvalue weighted by Gasteiger charge is 2.47. The smallest absolute Gasteiger partial charge is 0.333 e. The van der Waals surface area contributed by atoms with Gasteiger partial charge in [-0.05, 0) is 51.4 Å². The van der Waals surface area contributed by atoms with Crippen molar-refractivity contribution in [1.29, 1.82) is 0 Å². The van der Waals surface area contributed by atoms with Crippen LogP contribution in [0.1, 0.15) is 64.7 Å². The molecular formula is C16H25NO2. The summed E-state index contributed by atoms with van der Waals surface area (Å²) in [6.45, 7) is 3.36. The van der Waals surface area contributed by atoms with Crippen LogP contribution in [-0.4, -0.2) is 29.1 Å². The normalized spacial score (nSPS) is 30.4. The Morgan fingerprint density at radius 3 is 2.79 bits per heavy atom. The monoisotopic (exact) mass is 263 g/mol. The molecule has 1 aliphatic carbocycles. The molecule has 0 bridgehead atoms. The van der Waals surface area contributed by atoms with E-state index in [2.05, 4.69) is 11.8 Å². The third-order valence-corrected chi connectivity index (χ3v) is 5.09. The van der Waals surface area contributed by atoms with Crippen LogP contribution in [0.25, 0.3) is 0 Å². The second kappa shape index (κ2) is 5.18. The quantitative estimate of drug-likeness (QED) is 0.715. The zero-order valence-electron chi connectivity index (χ0n) is 12.0. The van der Waals surface area contributed by atoms with Gasteiger partial charge in [-0.3, -0.25) is 0 Å². The van der Waals surface area contributed by atoms with Gasteiger partial charge in [-0.2, -0.15) is 0 Å². The average Bonchev–Trinajstić information content (AvgIpc) is 2.75. The van der Waals surface area contributed by atoms with E-state index in [0.717, 1.165) is 19.4 Å². The molecule has 0 radical (unpaired) electrons. The van der Waals surface area contributed by atoms with E-state index in [9.17, 15) is 4.79 Å². The van der Waals surface area contributed by atoms with Crippen LogP contribution in [0.4, 0.5) is 0 Å². The Morgan fingerprint density at radius 1 is 1.26 bits per heavy atom. The van der Waals surface area contributed by atoms with E-state index < -0.39 is 0 Å². The van der Waals surface area contributed by atoms with Crippen molar-refractivity contribution >= 4 is 5.97 Å². The Kier molecular flexibility index (Phi) is 3.55. The van der Waals surface area contributed by atoms with Crippen molar-refractivity contribution in [1.82, 2.24) is 4.90 Å². The van der Waals surface area contributed by atoms with Crippen molar-refractivity contribution < 1.29 is 9.53 Å². The maximum atomic E-state index is 11.8. The molecule has 1 saturated carbocycles. The van der Waals surface area contributed by atoms with E-state index in [-0.39, 0.29) is 11.6 Å². The number of likely N-dealkylation sites (tertiary alicyclic amines) is 1. The highest BCUT2D eigenvalue weighted by molar-refractivity contribution is 5.86. The zero-order valence-corrected chi connectivity index (χ0v) is 12.0. The average molecular weight is 263 g/mol. The molecule has 0 aromatic carbocycles. The zero-order chi connectivity index (χ0) is 13.3. The highest BCUT2D eigenvalue weighted by Crippen LogP contribution is 2.44. The predicted molar refractivity (Wildman–Crippen MR) is 74.6 cm³/mol. The molecule has 106 valence electrons. The summed E-state index contributed by atoms with van der Waals surface area (Å²) >= 11 is 0. The molecule has 0 amide bonds. The van der Waals surface area contributed by atoms with Crippen molar-refractivity contribution in [2.75, 3.05) is 6.54 Å². The summed E-state index contributed by atoms with van der Waals surface area (Å²) in [6.07, 6.45) is 12.5. The first-order chi connectivity index (χ1) is 9.25. The SMILES string of the molecule is CC[C@@H]1CCCCN1C1=CC(=O)OC12CCCCC2. The van der Waals surface area contributed by atoms with Crippen LogP contribution in [0.3, 0.4) is 0 Å². The van der Waals surface area contributed by atoms with Crippen LogP contribution >= 0.6 is 0 Å². The Bertz CT molecular complexity index is 382. The van der Waals surface area contributed by atoms with E-state index in [1.54, 1.807) is 6.08 Å². The van der Waals surface area contributed by atoms with Gasteiger partial charge in [-0.1, -0.05) is 13.3 Å². The van der Waals surface area contributed by atoms with Gasteiger partial charge in [0.15, 0.2) is 5.60 Å². The van der Waals surface area contributed by atoms with E-state index in [1.165, 1.54) is 50.6 Å². The second-order valence-corrected chi connectivity index (χ2v) is 6.26. The lowest BCUT2D eigenvalue weighted by Gasteiger charge is -2.45. The van der Waals surface area contributed by atoms with Gasteiger partial charge in [0.05, 0.1) is 5.70 Å². The van der Waals surface area contributed by atoms with Gasteiger partial charge >= 0.3 is 5.97 Å². The maximum Gasteiger partial charge on any atom is 0.333 e. The third kappa shape index (κ3) is 2.28. The van der Waals surface area contributed by atoms with Crippen LogP contribution in [-0.2, 0) is 9.53 Å². The minimum Gasteiger partial charge on any atom is -0.449 e. The molecule has 0 N–H and O–H groups in total. The van der Waals surface area contributed by atoms with Crippen LogP contribution < -0.4 is 0 Å². The largest absolute Gasteiger partial charge is 0.449 e. The molecule has 19 heavy (non-hydrogen) atoms. The van der Waals surface area contributed by atoms with Crippen molar-refractivity contribution in [3.05, 3.63) is 11.8 Å². The number of hydrogen-bond acceptors (Lipinski definition) is 3. The van der Waals surface area contributed by atoms with E-state index >= 15 is 0 Å². The highest BCUT2D eigenvalue weighted by atomic mass is 16.6. The van der Waals surface area contributed by atoms with Crippen LogP contribution in [0.5, 0.6) is 0 Å². The number of rotatable bonds is 2. The van der Waals surface area contributed by atoms with E-state index in [0.29, 0.717) is 6.04 Å².